The zero-order chi connectivity index (χ0) is 21.3. The molecule has 0 saturated carbocycles. The van der Waals surface area contributed by atoms with E-state index in [4.69, 9.17) is 9.47 Å². The summed E-state index contributed by atoms with van der Waals surface area (Å²) in [4.78, 5) is 29.3. The number of thioether (sulfide) groups is 1. The number of aliphatic imine (C=N–C) groups is 1. The Morgan fingerprint density at radius 2 is 2.27 bits per heavy atom. The standard InChI is InChI=1S/C20H30N6O3S/c1-15-8-17(11-26(15)12-18(10-21-3)30-14-24-16(2)27)29-20-9-19(22-13-23-20)25-4-6-28-7-5-25/h9-10,13,15,17H,3-8,11-12,14H2,1-2H3,(H,24,27)/b18-10-. The molecule has 2 fully saturated rings. The lowest BCUT2D eigenvalue weighted by atomic mass is 10.2. The molecule has 9 nitrogen and oxygen atoms in total. The molecule has 0 radical (unpaired) electrons. The Kier molecular flexibility index (Phi) is 8.47. The number of carbonyl (C=O) groups is 1. The van der Waals surface area contributed by atoms with Gasteiger partial charge in [-0.25, -0.2) is 9.97 Å². The normalized spacial score (nSPS) is 22.7. The van der Waals surface area contributed by atoms with Gasteiger partial charge in [0.05, 0.1) is 19.1 Å². The summed E-state index contributed by atoms with van der Waals surface area (Å²) in [6.07, 6.45) is 4.30. The summed E-state index contributed by atoms with van der Waals surface area (Å²) in [6.45, 7) is 11.9. The van der Waals surface area contributed by atoms with Gasteiger partial charge in [-0.05, 0) is 13.6 Å². The summed E-state index contributed by atoms with van der Waals surface area (Å²) in [6, 6.07) is 2.28. The quantitative estimate of drug-likeness (QED) is 0.462. The average Bonchev–Trinajstić information content (AvgIpc) is 3.07. The van der Waals surface area contributed by atoms with Gasteiger partial charge in [0.25, 0.3) is 0 Å². The largest absolute Gasteiger partial charge is 0.473 e. The zero-order valence-corrected chi connectivity index (χ0v) is 18.4. The Hall–Kier alpha value is -2.17. The first-order valence-corrected chi connectivity index (χ1v) is 11.1. The summed E-state index contributed by atoms with van der Waals surface area (Å²) >= 11 is 1.56. The van der Waals surface area contributed by atoms with Gasteiger partial charge in [0.15, 0.2) is 0 Å². The van der Waals surface area contributed by atoms with Crippen molar-refractivity contribution in [1.82, 2.24) is 20.2 Å². The van der Waals surface area contributed by atoms with Gasteiger partial charge in [-0.1, -0.05) is 0 Å². The Labute approximate surface area is 181 Å². The maximum atomic E-state index is 11.1. The molecule has 0 spiro atoms. The molecule has 0 bridgehead atoms. The van der Waals surface area contributed by atoms with Crippen LogP contribution in [0, 0.1) is 0 Å². The molecular formula is C20H30N6O3S. The Morgan fingerprint density at radius 1 is 1.47 bits per heavy atom. The van der Waals surface area contributed by atoms with Gasteiger partial charge in [0.1, 0.15) is 18.2 Å². The van der Waals surface area contributed by atoms with Crippen LogP contribution in [0.15, 0.2) is 28.5 Å². The number of hydrogen-bond acceptors (Lipinski definition) is 9. The van der Waals surface area contributed by atoms with Crippen LogP contribution in [0.4, 0.5) is 5.82 Å². The number of hydrogen-bond donors (Lipinski definition) is 1. The van der Waals surface area contributed by atoms with Gasteiger partial charge < -0.3 is 19.7 Å². The first kappa shape index (κ1) is 22.5. The number of morpholine rings is 1. The summed E-state index contributed by atoms with van der Waals surface area (Å²) < 4.78 is 11.6. The predicted octanol–water partition coefficient (Wildman–Crippen LogP) is 1.52. The molecule has 2 atom stereocenters. The molecule has 1 amide bonds. The van der Waals surface area contributed by atoms with E-state index in [1.54, 1.807) is 24.3 Å². The molecular weight excluding hydrogens is 404 g/mol. The minimum absolute atomic E-state index is 0.0438. The number of nitrogens with zero attached hydrogens (tertiary/aromatic N) is 5. The number of aromatic nitrogens is 2. The van der Waals surface area contributed by atoms with Crippen molar-refractivity contribution in [1.29, 1.82) is 0 Å². The Balaban J connectivity index is 1.54. The molecule has 1 aromatic rings. The molecule has 2 aliphatic rings. The van der Waals surface area contributed by atoms with Crippen molar-refractivity contribution in [3.05, 3.63) is 23.5 Å². The molecule has 3 rings (SSSR count). The second kappa shape index (κ2) is 11.3. The smallest absolute Gasteiger partial charge is 0.218 e. The zero-order valence-electron chi connectivity index (χ0n) is 17.6. The third kappa shape index (κ3) is 6.68. The molecule has 2 unspecified atom stereocenters. The van der Waals surface area contributed by atoms with Crippen LogP contribution in [-0.2, 0) is 9.53 Å². The third-order valence-corrected chi connectivity index (χ3v) is 5.98. The first-order valence-electron chi connectivity index (χ1n) is 10.1. The average molecular weight is 435 g/mol. The molecule has 0 aliphatic carbocycles. The molecule has 2 saturated heterocycles. The van der Waals surface area contributed by atoms with Crippen LogP contribution in [0.25, 0.3) is 0 Å². The fourth-order valence-electron chi connectivity index (χ4n) is 3.54. The van der Waals surface area contributed by atoms with E-state index in [9.17, 15) is 4.79 Å². The second-order valence-corrected chi connectivity index (χ2v) is 8.47. The van der Waals surface area contributed by atoms with Crippen LogP contribution < -0.4 is 15.0 Å². The van der Waals surface area contributed by atoms with Gasteiger partial charge in [-0.2, -0.15) is 0 Å². The molecule has 1 aromatic heterocycles. The van der Waals surface area contributed by atoms with E-state index in [-0.39, 0.29) is 12.0 Å². The lowest BCUT2D eigenvalue weighted by Crippen LogP contribution is -2.36. The van der Waals surface area contributed by atoms with E-state index >= 15 is 0 Å². The molecule has 3 heterocycles. The Morgan fingerprint density at radius 3 is 3.00 bits per heavy atom. The number of rotatable bonds is 9. The summed E-state index contributed by atoms with van der Waals surface area (Å²) in [5, 5.41) is 2.80. The highest BCUT2D eigenvalue weighted by atomic mass is 32.2. The van der Waals surface area contributed by atoms with E-state index in [0.29, 0.717) is 31.0 Å². The second-order valence-electron chi connectivity index (χ2n) is 7.37. The number of nitrogens with one attached hydrogen (secondary N) is 1. The van der Waals surface area contributed by atoms with E-state index in [2.05, 4.69) is 43.7 Å². The van der Waals surface area contributed by atoms with Crippen molar-refractivity contribution in [2.75, 3.05) is 50.2 Å². The van der Waals surface area contributed by atoms with Gasteiger partial charge in [-0.15, -0.1) is 11.8 Å². The highest BCUT2D eigenvalue weighted by molar-refractivity contribution is 8.03. The molecule has 1 N–H and O–H groups in total. The van der Waals surface area contributed by atoms with Gasteiger partial charge in [0.2, 0.25) is 11.8 Å². The van der Waals surface area contributed by atoms with Crippen molar-refractivity contribution >= 4 is 30.2 Å². The predicted molar refractivity (Wildman–Crippen MR) is 119 cm³/mol. The van der Waals surface area contributed by atoms with Crippen molar-refractivity contribution in [3.8, 4) is 5.88 Å². The molecule has 10 heteroatoms. The van der Waals surface area contributed by atoms with Crippen molar-refractivity contribution in [2.24, 2.45) is 4.99 Å². The molecule has 30 heavy (non-hydrogen) atoms. The van der Waals surface area contributed by atoms with Crippen molar-refractivity contribution in [3.63, 3.8) is 0 Å². The molecule has 0 aromatic carbocycles. The molecule has 164 valence electrons. The Bertz CT molecular complexity index is 756. The number of anilines is 1. The number of likely N-dealkylation sites (tertiary alicyclic amines) is 1. The van der Waals surface area contributed by atoms with Crippen LogP contribution in [-0.4, -0.2) is 84.9 Å². The highest BCUT2D eigenvalue weighted by Crippen LogP contribution is 2.26. The van der Waals surface area contributed by atoms with Crippen molar-refractivity contribution < 1.29 is 14.3 Å². The van der Waals surface area contributed by atoms with E-state index < -0.39 is 0 Å². The number of carbonyl (C=O) groups excluding carboxylic acids is 1. The minimum atomic E-state index is -0.0438. The lowest BCUT2D eigenvalue weighted by Gasteiger charge is -2.27. The summed E-state index contributed by atoms with van der Waals surface area (Å²) in [5.41, 5.74) is 0. The van der Waals surface area contributed by atoms with Crippen LogP contribution in [0.2, 0.25) is 0 Å². The fraction of sp³-hybridized carbons (Fsp3) is 0.600. The van der Waals surface area contributed by atoms with E-state index in [0.717, 1.165) is 43.3 Å². The van der Waals surface area contributed by atoms with E-state index in [1.807, 2.05) is 6.07 Å². The summed E-state index contributed by atoms with van der Waals surface area (Å²) in [5.74, 6) is 1.96. The summed E-state index contributed by atoms with van der Waals surface area (Å²) in [7, 11) is 0. The topological polar surface area (TPSA) is 92.2 Å². The van der Waals surface area contributed by atoms with Gasteiger partial charge >= 0.3 is 0 Å². The SMILES string of the molecule is C=N/C=C(/CN1CC(Oc2cc(N3CCOCC3)ncn2)CC1C)SCNC(C)=O. The van der Waals surface area contributed by atoms with Crippen LogP contribution in [0.1, 0.15) is 20.3 Å². The highest BCUT2D eigenvalue weighted by Gasteiger charge is 2.31. The lowest BCUT2D eigenvalue weighted by molar-refractivity contribution is -0.118. The fourth-order valence-corrected chi connectivity index (χ4v) is 4.40. The third-order valence-electron chi connectivity index (χ3n) is 5.09. The van der Waals surface area contributed by atoms with Gasteiger partial charge in [0, 0.05) is 62.7 Å². The van der Waals surface area contributed by atoms with E-state index in [1.165, 1.54) is 6.92 Å². The van der Waals surface area contributed by atoms with Crippen LogP contribution in [0.3, 0.4) is 0 Å². The number of ether oxygens (including phenoxy) is 2. The van der Waals surface area contributed by atoms with Crippen LogP contribution in [0.5, 0.6) is 5.88 Å². The maximum absolute atomic E-state index is 11.1. The molecule has 2 aliphatic heterocycles. The number of amides is 1. The van der Waals surface area contributed by atoms with Crippen molar-refractivity contribution in [2.45, 2.75) is 32.4 Å². The van der Waals surface area contributed by atoms with Crippen LogP contribution >= 0.6 is 11.8 Å². The maximum Gasteiger partial charge on any atom is 0.218 e. The van der Waals surface area contributed by atoms with Gasteiger partial charge in [-0.3, -0.25) is 14.7 Å². The minimum Gasteiger partial charge on any atom is -0.473 e. The monoisotopic (exact) mass is 434 g/mol. The first-order chi connectivity index (χ1) is 14.5.